The van der Waals surface area contributed by atoms with Crippen molar-refractivity contribution in [3.05, 3.63) is 68.9 Å². The van der Waals surface area contributed by atoms with Crippen molar-refractivity contribution in [2.24, 2.45) is 0 Å². The fourth-order valence-electron chi connectivity index (χ4n) is 2.45. The summed E-state index contributed by atoms with van der Waals surface area (Å²) in [5, 5.41) is 11.8. The van der Waals surface area contributed by atoms with E-state index in [-0.39, 0.29) is 11.1 Å². The van der Waals surface area contributed by atoms with E-state index in [0.717, 1.165) is 0 Å². The Hall–Kier alpha value is -3.15. The van der Waals surface area contributed by atoms with Crippen LogP contribution in [0.15, 0.2) is 57.7 Å². The number of para-hydroxylation sites is 1. The van der Waals surface area contributed by atoms with Crippen LogP contribution in [0, 0.1) is 10.1 Å². The number of nitro groups is 1. The molecule has 0 unspecified atom stereocenters. The van der Waals surface area contributed by atoms with Crippen LogP contribution in [0.25, 0.3) is 22.3 Å². The zero-order valence-corrected chi connectivity index (χ0v) is 12.6. The number of rotatable bonds is 3. The zero-order chi connectivity index (χ0) is 16.6. The van der Waals surface area contributed by atoms with Gasteiger partial charge in [0.2, 0.25) is 0 Å². The number of benzene rings is 2. The number of hydrogen-bond donors (Lipinski definition) is 0. The summed E-state index contributed by atoms with van der Waals surface area (Å²) in [5.74, 6) is 0.308. The maximum absolute atomic E-state index is 12.2. The topological polar surface area (TPSA) is 76.6 Å². The van der Waals surface area contributed by atoms with E-state index in [0.29, 0.717) is 28.0 Å². The van der Waals surface area contributed by atoms with Crippen molar-refractivity contribution in [1.29, 1.82) is 0 Å². The molecule has 0 spiro atoms. The highest BCUT2D eigenvalue weighted by Gasteiger charge is 2.18. The average Bonchev–Trinajstić information content (AvgIpc) is 2.54. The largest absolute Gasteiger partial charge is 0.456 e. The first-order valence-corrected chi connectivity index (χ1v) is 6.96. The predicted molar refractivity (Wildman–Crippen MR) is 88.9 cm³/mol. The van der Waals surface area contributed by atoms with Crippen LogP contribution in [-0.4, -0.2) is 19.0 Å². The Morgan fingerprint density at radius 2 is 1.83 bits per heavy atom. The maximum Gasteiger partial charge on any atom is 0.293 e. The van der Waals surface area contributed by atoms with Gasteiger partial charge in [-0.2, -0.15) is 0 Å². The third kappa shape index (κ3) is 2.66. The van der Waals surface area contributed by atoms with Crippen molar-refractivity contribution in [1.82, 2.24) is 0 Å². The molecule has 1 aromatic heterocycles. The predicted octanol–water partition coefficient (Wildman–Crippen LogP) is 3.43. The van der Waals surface area contributed by atoms with E-state index in [1.54, 1.807) is 55.4 Å². The Bertz CT molecular complexity index is 960. The summed E-state index contributed by atoms with van der Waals surface area (Å²) in [5.41, 5.74) is 1.21. The number of nitro benzene ring substituents is 1. The van der Waals surface area contributed by atoms with Gasteiger partial charge in [-0.25, -0.2) is 0 Å². The standard InChI is InChI=1S/C17H14N2O4/c1-18(2)13-8-7-11(9-14(13)19(21)22)17-10-15(20)12-5-3-4-6-16(12)23-17/h3-10H,1-2H3. The van der Waals surface area contributed by atoms with Crippen LogP contribution < -0.4 is 10.3 Å². The van der Waals surface area contributed by atoms with Gasteiger partial charge in [0.05, 0.1) is 10.3 Å². The summed E-state index contributed by atoms with van der Waals surface area (Å²) in [4.78, 5) is 24.7. The Morgan fingerprint density at radius 3 is 2.52 bits per heavy atom. The monoisotopic (exact) mass is 310 g/mol. The summed E-state index contributed by atoms with van der Waals surface area (Å²) >= 11 is 0. The SMILES string of the molecule is CN(C)c1ccc(-c2cc(=O)c3ccccc3o2)cc1[N+](=O)[O-]. The average molecular weight is 310 g/mol. The first-order chi connectivity index (χ1) is 11.0. The molecule has 0 bridgehead atoms. The summed E-state index contributed by atoms with van der Waals surface area (Å²) in [6, 6.07) is 13.0. The molecule has 2 aromatic carbocycles. The van der Waals surface area contributed by atoms with Crippen molar-refractivity contribution >= 4 is 22.3 Å². The van der Waals surface area contributed by atoms with E-state index >= 15 is 0 Å². The first kappa shape index (κ1) is 14.8. The molecule has 3 rings (SSSR count). The molecule has 23 heavy (non-hydrogen) atoms. The second kappa shape index (κ2) is 5.57. The fraction of sp³-hybridized carbons (Fsp3) is 0.118. The second-order valence-electron chi connectivity index (χ2n) is 5.33. The normalized spacial score (nSPS) is 10.7. The number of hydrogen-bond acceptors (Lipinski definition) is 5. The van der Waals surface area contributed by atoms with Gasteiger partial charge in [0, 0.05) is 31.8 Å². The second-order valence-corrected chi connectivity index (χ2v) is 5.33. The quantitative estimate of drug-likeness (QED) is 0.547. The smallest absolute Gasteiger partial charge is 0.293 e. The molecular weight excluding hydrogens is 296 g/mol. The van der Waals surface area contributed by atoms with Crippen molar-refractivity contribution in [3.63, 3.8) is 0 Å². The summed E-state index contributed by atoms with van der Waals surface area (Å²) in [7, 11) is 3.47. The number of fused-ring (bicyclic) bond motifs is 1. The highest BCUT2D eigenvalue weighted by molar-refractivity contribution is 5.79. The van der Waals surface area contributed by atoms with Crippen LogP contribution in [0.3, 0.4) is 0 Å². The van der Waals surface area contributed by atoms with Gasteiger partial charge in [0.25, 0.3) is 5.69 Å². The van der Waals surface area contributed by atoms with E-state index in [1.807, 2.05) is 0 Å². The van der Waals surface area contributed by atoms with Crippen LogP contribution in [0.5, 0.6) is 0 Å². The van der Waals surface area contributed by atoms with Gasteiger partial charge >= 0.3 is 0 Å². The van der Waals surface area contributed by atoms with Gasteiger partial charge in [-0.15, -0.1) is 0 Å². The third-order valence-electron chi connectivity index (χ3n) is 3.57. The highest BCUT2D eigenvalue weighted by Crippen LogP contribution is 2.32. The highest BCUT2D eigenvalue weighted by atomic mass is 16.6. The fourth-order valence-corrected chi connectivity index (χ4v) is 2.45. The first-order valence-electron chi connectivity index (χ1n) is 6.96. The van der Waals surface area contributed by atoms with Crippen molar-refractivity contribution in [2.45, 2.75) is 0 Å². The van der Waals surface area contributed by atoms with Crippen LogP contribution in [-0.2, 0) is 0 Å². The van der Waals surface area contributed by atoms with Gasteiger partial charge < -0.3 is 9.32 Å². The van der Waals surface area contributed by atoms with Crippen molar-refractivity contribution < 1.29 is 9.34 Å². The molecule has 0 atom stereocenters. The molecule has 1 heterocycles. The molecule has 0 aliphatic carbocycles. The Labute approximate surface area is 131 Å². The molecule has 0 saturated heterocycles. The molecule has 0 aliphatic rings. The van der Waals surface area contributed by atoms with Gasteiger partial charge in [-0.3, -0.25) is 14.9 Å². The molecule has 0 amide bonds. The van der Waals surface area contributed by atoms with E-state index in [2.05, 4.69) is 0 Å². The van der Waals surface area contributed by atoms with Gasteiger partial charge in [0.1, 0.15) is 17.0 Å². The van der Waals surface area contributed by atoms with Crippen LogP contribution in [0.1, 0.15) is 0 Å². The minimum absolute atomic E-state index is 0.0386. The van der Waals surface area contributed by atoms with E-state index < -0.39 is 4.92 Å². The summed E-state index contributed by atoms with van der Waals surface area (Å²) in [6.45, 7) is 0. The van der Waals surface area contributed by atoms with Gasteiger partial charge in [-0.1, -0.05) is 12.1 Å². The van der Waals surface area contributed by atoms with Crippen LogP contribution in [0.2, 0.25) is 0 Å². The zero-order valence-electron chi connectivity index (χ0n) is 12.6. The maximum atomic E-state index is 12.2. The summed E-state index contributed by atoms with van der Waals surface area (Å²) in [6.07, 6.45) is 0. The van der Waals surface area contributed by atoms with E-state index in [4.69, 9.17) is 4.42 Å². The lowest BCUT2D eigenvalue weighted by Gasteiger charge is -2.13. The molecule has 0 fully saturated rings. The molecule has 0 saturated carbocycles. The number of anilines is 1. The van der Waals surface area contributed by atoms with Gasteiger partial charge in [-0.05, 0) is 24.3 Å². The van der Waals surface area contributed by atoms with E-state index in [9.17, 15) is 14.9 Å². The lowest BCUT2D eigenvalue weighted by atomic mass is 10.1. The van der Waals surface area contributed by atoms with Crippen molar-refractivity contribution in [3.8, 4) is 11.3 Å². The Morgan fingerprint density at radius 1 is 1.09 bits per heavy atom. The minimum atomic E-state index is -0.446. The third-order valence-corrected chi connectivity index (χ3v) is 3.57. The molecule has 116 valence electrons. The molecular formula is C17H14N2O4. The van der Waals surface area contributed by atoms with Crippen LogP contribution >= 0.6 is 0 Å². The van der Waals surface area contributed by atoms with Crippen molar-refractivity contribution in [2.75, 3.05) is 19.0 Å². The van der Waals surface area contributed by atoms with Crippen LogP contribution in [0.4, 0.5) is 11.4 Å². The Kier molecular flexibility index (Phi) is 3.57. The lowest BCUT2D eigenvalue weighted by Crippen LogP contribution is -2.11. The minimum Gasteiger partial charge on any atom is -0.456 e. The molecule has 0 aliphatic heterocycles. The molecule has 0 N–H and O–H groups in total. The summed E-state index contributed by atoms with van der Waals surface area (Å²) < 4.78 is 5.73. The molecule has 6 nitrogen and oxygen atoms in total. The van der Waals surface area contributed by atoms with E-state index in [1.165, 1.54) is 12.1 Å². The molecule has 0 radical (unpaired) electrons. The molecule has 3 aromatic rings. The van der Waals surface area contributed by atoms with Gasteiger partial charge in [0.15, 0.2) is 5.43 Å². The Balaban J connectivity index is 2.21. The lowest BCUT2D eigenvalue weighted by molar-refractivity contribution is -0.384. The number of nitrogens with zero attached hydrogens (tertiary/aromatic N) is 2. The molecule has 6 heteroatoms.